The minimum absolute atomic E-state index is 0.904. The van der Waals surface area contributed by atoms with Gasteiger partial charge in [0.05, 0.1) is 6.21 Å². The van der Waals surface area contributed by atoms with E-state index in [4.69, 9.17) is 5.21 Å². The predicted octanol–water partition coefficient (Wildman–Crippen LogP) is 2.23. The van der Waals surface area contributed by atoms with Crippen molar-refractivity contribution in [3.63, 3.8) is 0 Å². The van der Waals surface area contributed by atoms with Gasteiger partial charge in [0.1, 0.15) is 0 Å². The summed E-state index contributed by atoms with van der Waals surface area (Å²) in [7, 11) is 0. The molecule has 70 valence electrons. The molecule has 3 nitrogen and oxygen atoms in total. The smallest absolute Gasteiger partial charge is 0.0733 e. The Labute approximate surface area is 78.1 Å². The number of nitrogens with one attached hydrogen (secondary N) is 1. The molecule has 0 aromatic heterocycles. The summed E-state index contributed by atoms with van der Waals surface area (Å²) in [6.07, 6.45) is 1.42. The number of hydrogen-bond acceptors (Lipinski definition) is 3. The van der Waals surface area contributed by atoms with Gasteiger partial charge in [-0.2, -0.15) is 0 Å². The van der Waals surface area contributed by atoms with E-state index < -0.39 is 0 Å². The fourth-order valence-electron chi connectivity index (χ4n) is 1.22. The number of aryl methyl sites for hydroxylation is 1. The van der Waals surface area contributed by atoms with Crippen molar-refractivity contribution in [2.75, 3.05) is 11.9 Å². The van der Waals surface area contributed by atoms with E-state index in [-0.39, 0.29) is 0 Å². The maximum absolute atomic E-state index is 8.34. The Bertz CT molecular complexity index is 308. The van der Waals surface area contributed by atoms with E-state index in [9.17, 15) is 0 Å². The summed E-state index contributed by atoms with van der Waals surface area (Å²) in [5, 5.41) is 14.6. The summed E-state index contributed by atoms with van der Waals surface area (Å²) in [6, 6.07) is 5.86. The topological polar surface area (TPSA) is 44.6 Å². The first-order chi connectivity index (χ1) is 6.27. The van der Waals surface area contributed by atoms with Crippen molar-refractivity contribution in [2.45, 2.75) is 13.8 Å². The SMILES string of the molecule is CCNc1ccc(/C=N/O)cc1C. The molecule has 3 heteroatoms. The zero-order valence-corrected chi connectivity index (χ0v) is 7.91. The van der Waals surface area contributed by atoms with Gasteiger partial charge in [-0.15, -0.1) is 0 Å². The van der Waals surface area contributed by atoms with E-state index >= 15 is 0 Å². The molecule has 0 aliphatic heterocycles. The lowest BCUT2D eigenvalue weighted by molar-refractivity contribution is 0.322. The second-order valence-electron chi connectivity index (χ2n) is 2.85. The maximum Gasteiger partial charge on any atom is 0.0733 e. The summed E-state index contributed by atoms with van der Waals surface area (Å²) < 4.78 is 0. The molecular weight excluding hydrogens is 164 g/mol. The van der Waals surface area contributed by atoms with Crippen LogP contribution < -0.4 is 5.32 Å². The Morgan fingerprint density at radius 3 is 2.85 bits per heavy atom. The van der Waals surface area contributed by atoms with Gasteiger partial charge in [0.15, 0.2) is 0 Å². The highest BCUT2D eigenvalue weighted by Gasteiger charge is 1.96. The summed E-state index contributed by atoms with van der Waals surface area (Å²) >= 11 is 0. The summed E-state index contributed by atoms with van der Waals surface area (Å²) in [5.74, 6) is 0. The molecule has 0 aliphatic rings. The Morgan fingerprint density at radius 2 is 2.31 bits per heavy atom. The normalized spacial score (nSPS) is 10.6. The molecule has 0 aliphatic carbocycles. The third kappa shape index (κ3) is 2.47. The van der Waals surface area contributed by atoms with Crippen LogP contribution in [-0.2, 0) is 0 Å². The highest BCUT2D eigenvalue weighted by Crippen LogP contribution is 2.15. The molecule has 0 radical (unpaired) electrons. The van der Waals surface area contributed by atoms with Crippen molar-refractivity contribution in [3.05, 3.63) is 29.3 Å². The Morgan fingerprint density at radius 1 is 1.54 bits per heavy atom. The molecule has 0 atom stereocenters. The van der Waals surface area contributed by atoms with Gasteiger partial charge in [-0.05, 0) is 37.1 Å². The number of hydrogen-bond donors (Lipinski definition) is 2. The molecule has 0 saturated heterocycles. The lowest BCUT2D eigenvalue weighted by Gasteiger charge is -2.07. The molecule has 2 N–H and O–H groups in total. The van der Waals surface area contributed by atoms with Crippen molar-refractivity contribution in [1.29, 1.82) is 0 Å². The number of rotatable bonds is 3. The van der Waals surface area contributed by atoms with Gasteiger partial charge in [-0.3, -0.25) is 0 Å². The first-order valence-electron chi connectivity index (χ1n) is 4.30. The first-order valence-corrected chi connectivity index (χ1v) is 4.30. The van der Waals surface area contributed by atoms with Crippen molar-refractivity contribution >= 4 is 11.9 Å². The van der Waals surface area contributed by atoms with Crippen LogP contribution in [0.15, 0.2) is 23.4 Å². The highest BCUT2D eigenvalue weighted by atomic mass is 16.4. The fourth-order valence-corrected chi connectivity index (χ4v) is 1.22. The number of nitrogens with zero attached hydrogens (tertiary/aromatic N) is 1. The Kier molecular flexibility index (Phi) is 3.31. The van der Waals surface area contributed by atoms with Crippen LogP contribution in [0.5, 0.6) is 0 Å². The second-order valence-corrected chi connectivity index (χ2v) is 2.85. The predicted molar refractivity (Wildman–Crippen MR) is 54.7 cm³/mol. The zero-order chi connectivity index (χ0) is 9.68. The molecule has 0 unspecified atom stereocenters. The minimum Gasteiger partial charge on any atom is -0.411 e. The standard InChI is InChI=1S/C10H14N2O/c1-3-11-10-5-4-9(7-12-13)6-8(10)2/h4-7,11,13H,3H2,1-2H3/b12-7+. The maximum atomic E-state index is 8.34. The van der Waals surface area contributed by atoms with Crippen LogP contribution in [0, 0.1) is 6.92 Å². The third-order valence-electron chi connectivity index (χ3n) is 1.82. The molecule has 1 rings (SSSR count). The third-order valence-corrected chi connectivity index (χ3v) is 1.82. The van der Waals surface area contributed by atoms with E-state index in [0.717, 1.165) is 23.4 Å². The number of oxime groups is 1. The highest BCUT2D eigenvalue weighted by molar-refractivity contribution is 5.80. The van der Waals surface area contributed by atoms with Crippen molar-refractivity contribution in [2.24, 2.45) is 5.16 Å². The molecule has 0 amide bonds. The van der Waals surface area contributed by atoms with E-state index in [1.807, 2.05) is 25.1 Å². The van der Waals surface area contributed by atoms with Crippen molar-refractivity contribution in [3.8, 4) is 0 Å². The largest absolute Gasteiger partial charge is 0.411 e. The Hall–Kier alpha value is -1.51. The van der Waals surface area contributed by atoms with Gasteiger partial charge in [-0.25, -0.2) is 0 Å². The van der Waals surface area contributed by atoms with E-state index in [1.54, 1.807) is 0 Å². The molecule has 0 spiro atoms. The monoisotopic (exact) mass is 178 g/mol. The molecule has 1 aromatic rings. The van der Waals surface area contributed by atoms with E-state index in [2.05, 4.69) is 17.4 Å². The zero-order valence-electron chi connectivity index (χ0n) is 7.91. The van der Waals surface area contributed by atoms with Gasteiger partial charge in [0.25, 0.3) is 0 Å². The van der Waals surface area contributed by atoms with Crippen molar-refractivity contribution < 1.29 is 5.21 Å². The average molecular weight is 178 g/mol. The molecule has 13 heavy (non-hydrogen) atoms. The van der Waals surface area contributed by atoms with Crippen LogP contribution in [0.2, 0.25) is 0 Å². The van der Waals surface area contributed by atoms with Gasteiger partial charge < -0.3 is 10.5 Å². The lowest BCUT2D eigenvalue weighted by Crippen LogP contribution is -1.99. The van der Waals surface area contributed by atoms with Crippen LogP contribution in [0.25, 0.3) is 0 Å². The number of benzene rings is 1. The van der Waals surface area contributed by atoms with Crippen LogP contribution in [-0.4, -0.2) is 18.0 Å². The average Bonchev–Trinajstić information content (AvgIpc) is 2.10. The van der Waals surface area contributed by atoms with Crippen molar-refractivity contribution in [1.82, 2.24) is 0 Å². The fraction of sp³-hybridized carbons (Fsp3) is 0.300. The molecule has 1 aromatic carbocycles. The van der Waals surface area contributed by atoms with Gasteiger partial charge in [0.2, 0.25) is 0 Å². The number of anilines is 1. The first kappa shape index (κ1) is 9.58. The molecular formula is C10H14N2O. The molecule has 0 bridgehead atoms. The van der Waals surface area contributed by atoms with Gasteiger partial charge >= 0.3 is 0 Å². The summed E-state index contributed by atoms with van der Waals surface area (Å²) in [4.78, 5) is 0. The minimum atomic E-state index is 0.904. The van der Waals surface area contributed by atoms with E-state index in [0.29, 0.717) is 0 Å². The Balaban J connectivity index is 2.91. The molecule has 0 saturated carbocycles. The second kappa shape index (κ2) is 4.50. The summed E-state index contributed by atoms with van der Waals surface area (Å²) in [6.45, 7) is 4.99. The lowest BCUT2D eigenvalue weighted by atomic mass is 10.1. The molecule has 0 fully saturated rings. The van der Waals surface area contributed by atoms with Crippen LogP contribution in [0.3, 0.4) is 0 Å². The van der Waals surface area contributed by atoms with Crippen LogP contribution in [0.1, 0.15) is 18.1 Å². The quantitative estimate of drug-likeness (QED) is 0.423. The van der Waals surface area contributed by atoms with Crippen LogP contribution in [0.4, 0.5) is 5.69 Å². The van der Waals surface area contributed by atoms with Gasteiger partial charge in [0, 0.05) is 12.2 Å². The van der Waals surface area contributed by atoms with Crippen LogP contribution >= 0.6 is 0 Å². The van der Waals surface area contributed by atoms with E-state index in [1.165, 1.54) is 6.21 Å². The molecule has 0 heterocycles. The van der Waals surface area contributed by atoms with Gasteiger partial charge in [-0.1, -0.05) is 11.2 Å². The summed E-state index contributed by atoms with van der Waals surface area (Å²) in [5.41, 5.74) is 3.18.